The second-order valence-electron chi connectivity index (χ2n) is 13.3. The third kappa shape index (κ3) is 6.80. The molecule has 0 N–H and O–H groups in total. The van der Waals surface area contributed by atoms with E-state index in [-0.39, 0.29) is 0 Å². The van der Waals surface area contributed by atoms with Crippen molar-refractivity contribution in [3.8, 4) is 34.2 Å². The van der Waals surface area contributed by atoms with Crippen molar-refractivity contribution in [3.63, 3.8) is 0 Å². The molecule has 4 rings (SSSR count). The molecule has 0 aliphatic heterocycles. The van der Waals surface area contributed by atoms with Crippen molar-refractivity contribution in [2.24, 2.45) is 0 Å². The van der Waals surface area contributed by atoms with Crippen molar-refractivity contribution in [3.05, 3.63) is 82.9 Å². The van der Waals surface area contributed by atoms with Crippen molar-refractivity contribution in [1.82, 2.24) is 15.0 Å². The first-order chi connectivity index (χ1) is 19.4. The predicted octanol–water partition coefficient (Wildman–Crippen LogP) is 8.13. The van der Waals surface area contributed by atoms with Crippen LogP contribution in [0.2, 0.25) is 0 Å². The second kappa shape index (κ2) is 11.2. The van der Waals surface area contributed by atoms with Crippen LogP contribution in [0.5, 0.6) is 0 Å². The molecule has 1 aromatic heterocycles. The van der Waals surface area contributed by atoms with Crippen LogP contribution in [-0.4, -0.2) is 36.3 Å². The molecule has 4 aromatic rings. The number of hydroxylamine groups is 2. The van der Waals surface area contributed by atoms with E-state index in [9.17, 15) is 15.3 Å². The van der Waals surface area contributed by atoms with Crippen LogP contribution < -0.4 is 10.1 Å². The molecule has 9 nitrogen and oxygen atoms in total. The van der Waals surface area contributed by atoms with E-state index in [1.165, 1.54) is 0 Å². The number of hydrogen-bond donors (Lipinski definition) is 0. The molecule has 219 valence electrons. The first-order valence-electron chi connectivity index (χ1n) is 13.9. The van der Waals surface area contributed by atoms with Crippen LogP contribution in [0.3, 0.4) is 0 Å². The van der Waals surface area contributed by atoms with Gasteiger partial charge in [-0.25, -0.2) is 20.0 Å². The van der Waals surface area contributed by atoms with Gasteiger partial charge < -0.3 is 10.3 Å². The molecule has 0 spiro atoms. The number of nitroso groups, excluding NO2 is 1. The van der Waals surface area contributed by atoms with Crippen LogP contribution in [0.1, 0.15) is 62.3 Å². The second-order valence-corrected chi connectivity index (χ2v) is 13.3. The van der Waals surface area contributed by atoms with Gasteiger partial charge in [0, 0.05) is 70.5 Å². The molecular weight excluding hydrogens is 528 g/mol. The van der Waals surface area contributed by atoms with E-state index in [0.717, 1.165) is 31.6 Å². The Morgan fingerprint density at radius 1 is 0.571 bits per heavy atom. The zero-order valence-electron chi connectivity index (χ0n) is 25.8. The maximum atomic E-state index is 12.7. The highest BCUT2D eigenvalue weighted by molar-refractivity contribution is 5.69. The van der Waals surface area contributed by atoms with Gasteiger partial charge in [0.1, 0.15) is 0 Å². The number of anilines is 2. The highest BCUT2D eigenvalue weighted by atomic mass is 16.5. The molecule has 0 fully saturated rings. The van der Waals surface area contributed by atoms with Crippen LogP contribution >= 0.6 is 0 Å². The Balaban J connectivity index is 1.79. The standard InChI is InChI=1S/C33H39N6O3/c1-31(2,3)37(40)25-16-10-22(11-17-25)28-34-29(23-12-18-26(19-13-23)38(41)32(4,5)6)36-30(35-28)24-14-20-27(21-15-24)39(42)33(7,8)9/h10-21H,1-9H3. The lowest BCUT2D eigenvalue weighted by Crippen LogP contribution is -2.37. The largest absolute Gasteiger partial charge is 0.758 e. The topological polar surface area (TPSA) is 108 Å². The third-order valence-corrected chi connectivity index (χ3v) is 6.54. The van der Waals surface area contributed by atoms with Crippen molar-refractivity contribution >= 4 is 17.1 Å². The number of nitrogens with zero attached hydrogens (tertiary/aromatic N) is 6. The van der Waals surface area contributed by atoms with Crippen molar-refractivity contribution in [2.45, 2.75) is 78.9 Å². The number of hydrogen-bond acceptors (Lipinski definition) is 7. The minimum atomic E-state index is -0.577. The van der Waals surface area contributed by atoms with Gasteiger partial charge in [-0.05, 0) is 102 Å². The Morgan fingerprint density at radius 2 is 0.929 bits per heavy atom. The summed E-state index contributed by atoms with van der Waals surface area (Å²) in [5, 5.41) is 27.3. The minimum absolute atomic E-state index is 0.434. The lowest BCUT2D eigenvalue weighted by molar-refractivity contribution is -0.540. The molecule has 0 aliphatic rings. The molecule has 1 heterocycles. The number of benzene rings is 3. The Kier molecular flexibility index (Phi) is 8.22. The summed E-state index contributed by atoms with van der Waals surface area (Å²) in [7, 11) is 0. The van der Waals surface area contributed by atoms with Crippen LogP contribution in [-0.2, 0) is 5.21 Å². The van der Waals surface area contributed by atoms with Gasteiger partial charge in [-0.2, -0.15) is 0 Å². The Labute approximate surface area is 248 Å². The first-order valence-corrected chi connectivity index (χ1v) is 13.9. The van der Waals surface area contributed by atoms with E-state index >= 15 is 0 Å². The molecule has 42 heavy (non-hydrogen) atoms. The van der Waals surface area contributed by atoms with E-state index in [2.05, 4.69) is 0 Å². The maximum Gasteiger partial charge on any atom is 0.256 e. The summed E-state index contributed by atoms with van der Waals surface area (Å²) in [5.41, 5.74) is 2.03. The Morgan fingerprint density at radius 3 is 1.26 bits per heavy atom. The monoisotopic (exact) mass is 567 g/mol. The molecule has 1 radical (unpaired) electrons. The average Bonchev–Trinajstić information content (AvgIpc) is 2.94. The minimum Gasteiger partial charge on any atom is -0.758 e. The van der Waals surface area contributed by atoms with Crippen molar-refractivity contribution < 1.29 is 9.97 Å². The van der Waals surface area contributed by atoms with Crippen LogP contribution in [0.15, 0.2) is 72.8 Å². The summed E-state index contributed by atoms with van der Waals surface area (Å²) < 4.78 is 0.970. The zero-order chi connectivity index (χ0) is 31.0. The van der Waals surface area contributed by atoms with Gasteiger partial charge in [-0.15, -0.1) is 0 Å². The molecule has 0 saturated heterocycles. The molecule has 0 atom stereocenters. The van der Waals surface area contributed by atoms with Gasteiger partial charge in [0.05, 0.1) is 11.2 Å². The summed E-state index contributed by atoms with van der Waals surface area (Å²) in [6, 6.07) is 21.4. The normalized spacial score (nSPS) is 12.3. The first kappa shape index (κ1) is 30.7. The van der Waals surface area contributed by atoms with Crippen molar-refractivity contribution in [2.75, 3.05) is 10.1 Å². The number of rotatable bonds is 6. The average molecular weight is 568 g/mol. The molecule has 9 heteroatoms. The van der Waals surface area contributed by atoms with Crippen LogP contribution in [0, 0.1) is 10.1 Å². The highest BCUT2D eigenvalue weighted by Gasteiger charge is 2.31. The zero-order valence-corrected chi connectivity index (χ0v) is 25.8. The van der Waals surface area contributed by atoms with Crippen molar-refractivity contribution in [1.29, 1.82) is 0 Å². The summed E-state index contributed by atoms with van der Waals surface area (Å²) in [6.45, 7) is 16.7. The summed E-state index contributed by atoms with van der Waals surface area (Å²) in [4.78, 5) is 27.0. The molecule has 0 saturated carbocycles. The Bertz CT molecular complexity index is 1470. The molecule has 0 aliphatic carbocycles. The third-order valence-electron chi connectivity index (χ3n) is 6.54. The lowest BCUT2D eigenvalue weighted by atomic mass is 10.1. The summed E-state index contributed by atoms with van der Waals surface area (Å²) in [6.07, 6.45) is 0. The van der Waals surface area contributed by atoms with E-state index < -0.39 is 16.6 Å². The Hall–Kier alpha value is -4.21. The molecular formula is C33H39N6O3. The van der Waals surface area contributed by atoms with Gasteiger partial charge in [-0.1, -0.05) is 5.21 Å². The fourth-order valence-electron chi connectivity index (χ4n) is 4.16. The quantitative estimate of drug-likeness (QED) is 0.171. The highest BCUT2D eigenvalue weighted by Crippen LogP contribution is 2.31. The van der Waals surface area contributed by atoms with Gasteiger partial charge in [0.25, 0.3) is 5.69 Å². The number of aromatic nitrogens is 3. The van der Waals surface area contributed by atoms with Crippen LogP contribution in [0.4, 0.5) is 17.1 Å². The SMILES string of the molecule is CC(C)(C)N([O])c1ccc(-c2nc(-c3ccc(N([O-])C(C)(C)C)cc3)nc(-c3ccc([N+](=O)C(C)(C)C)cc3)n2)cc1. The fourth-order valence-corrected chi connectivity index (χ4v) is 4.16. The maximum absolute atomic E-state index is 12.7. The van der Waals surface area contributed by atoms with Gasteiger partial charge >= 0.3 is 0 Å². The molecule has 0 amide bonds. The molecule has 0 unspecified atom stereocenters. The van der Waals surface area contributed by atoms with E-state index in [4.69, 9.17) is 15.0 Å². The fraction of sp³-hybridized carbons (Fsp3) is 0.364. The van der Waals surface area contributed by atoms with E-state index in [1.54, 1.807) is 36.4 Å². The lowest BCUT2D eigenvalue weighted by Gasteiger charge is -2.43. The predicted molar refractivity (Wildman–Crippen MR) is 168 cm³/mol. The van der Waals surface area contributed by atoms with Crippen LogP contribution in [0.25, 0.3) is 34.2 Å². The summed E-state index contributed by atoms with van der Waals surface area (Å²) in [5.74, 6) is 1.30. The van der Waals surface area contributed by atoms with Gasteiger partial charge in [0.15, 0.2) is 17.5 Å². The van der Waals surface area contributed by atoms with E-state index in [0.29, 0.717) is 34.5 Å². The van der Waals surface area contributed by atoms with E-state index in [1.807, 2.05) is 98.7 Å². The van der Waals surface area contributed by atoms with Gasteiger partial charge in [0.2, 0.25) is 5.54 Å². The summed E-state index contributed by atoms with van der Waals surface area (Å²) >= 11 is 0. The van der Waals surface area contributed by atoms with Gasteiger partial charge in [-0.3, -0.25) is 0 Å². The molecule has 3 aromatic carbocycles. The smallest absolute Gasteiger partial charge is 0.256 e. The molecule has 0 bridgehead atoms.